The van der Waals surface area contributed by atoms with Gasteiger partial charge in [0, 0.05) is 12.5 Å². The van der Waals surface area contributed by atoms with E-state index in [1.54, 1.807) is 5.51 Å². The van der Waals surface area contributed by atoms with Gasteiger partial charge in [0.25, 0.3) is 5.91 Å². The van der Waals surface area contributed by atoms with Gasteiger partial charge in [-0.1, -0.05) is 30.3 Å². The van der Waals surface area contributed by atoms with Crippen LogP contribution in [0.4, 0.5) is 0 Å². The third-order valence-electron chi connectivity index (χ3n) is 3.69. The SMILES string of the molecule is O=C(NC(CCO)c1ccccc1)c1scnc1C1CC1. The molecule has 0 radical (unpaired) electrons. The van der Waals surface area contributed by atoms with E-state index in [1.807, 2.05) is 30.3 Å². The molecule has 2 aromatic rings. The van der Waals surface area contributed by atoms with Crippen LogP contribution in [0, 0.1) is 0 Å². The molecule has 0 spiro atoms. The van der Waals surface area contributed by atoms with Crippen molar-refractivity contribution < 1.29 is 9.90 Å². The van der Waals surface area contributed by atoms with Gasteiger partial charge in [0.1, 0.15) is 4.88 Å². The number of aliphatic hydroxyl groups is 1. The second-order valence-electron chi connectivity index (χ2n) is 5.29. The molecule has 1 aliphatic rings. The van der Waals surface area contributed by atoms with Crippen LogP contribution in [-0.4, -0.2) is 22.6 Å². The molecular formula is C16H18N2O2S. The van der Waals surface area contributed by atoms with Gasteiger partial charge >= 0.3 is 0 Å². The molecule has 1 saturated carbocycles. The molecule has 1 unspecified atom stereocenters. The summed E-state index contributed by atoms with van der Waals surface area (Å²) in [4.78, 5) is 17.5. The molecular weight excluding hydrogens is 284 g/mol. The zero-order valence-electron chi connectivity index (χ0n) is 11.7. The first-order chi connectivity index (χ1) is 10.3. The van der Waals surface area contributed by atoms with Gasteiger partial charge in [-0.25, -0.2) is 4.98 Å². The van der Waals surface area contributed by atoms with Crippen molar-refractivity contribution >= 4 is 17.2 Å². The Morgan fingerprint density at radius 1 is 1.38 bits per heavy atom. The highest BCUT2D eigenvalue weighted by molar-refractivity contribution is 7.11. The predicted molar refractivity (Wildman–Crippen MR) is 82.4 cm³/mol. The van der Waals surface area contributed by atoms with E-state index in [-0.39, 0.29) is 18.6 Å². The van der Waals surface area contributed by atoms with Crippen molar-refractivity contribution in [1.82, 2.24) is 10.3 Å². The molecule has 1 atom stereocenters. The van der Waals surface area contributed by atoms with Crippen molar-refractivity contribution in [3.8, 4) is 0 Å². The van der Waals surface area contributed by atoms with Crippen molar-refractivity contribution in [2.45, 2.75) is 31.2 Å². The van der Waals surface area contributed by atoms with Crippen LogP contribution in [0.2, 0.25) is 0 Å². The molecule has 1 aliphatic carbocycles. The van der Waals surface area contributed by atoms with E-state index in [0.717, 1.165) is 29.0 Å². The van der Waals surface area contributed by atoms with Crippen molar-refractivity contribution in [2.24, 2.45) is 0 Å². The summed E-state index contributed by atoms with van der Waals surface area (Å²) in [5.41, 5.74) is 3.69. The molecule has 0 saturated heterocycles. The number of carbonyl (C=O) groups is 1. The summed E-state index contributed by atoms with van der Waals surface area (Å²) in [5.74, 6) is 0.381. The van der Waals surface area contributed by atoms with Crippen LogP contribution in [0.5, 0.6) is 0 Å². The number of benzene rings is 1. The van der Waals surface area contributed by atoms with Crippen LogP contribution >= 0.6 is 11.3 Å². The molecule has 1 heterocycles. The molecule has 2 N–H and O–H groups in total. The molecule has 110 valence electrons. The average Bonchev–Trinajstić information content (AvgIpc) is 3.24. The topological polar surface area (TPSA) is 62.2 Å². The number of nitrogens with one attached hydrogen (secondary N) is 1. The van der Waals surface area contributed by atoms with Gasteiger partial charge in [0.05, 0.1) is 17.2 Å². The number of hydrogen-bond donors (Lipinski definition) is 2. The molecule has 4 nitrogen and oxygen atoms in total. The zero-order chi connectivity index (χ0) is 14.7. The lowest BCUT2D eigenvalue weighted by Crippen LogP contribution is -2.29. The van der Waals surface area contributed by atoms with Crippen LogP contribution in [0.15, 0.2) is 35.8 Å². The minimum atomic E-state index is -0.169. The Morgan fingerprint density at radius 2 is 2.14 bits per heavy atom. The largest absolute Gasteiger partial charge is 0.396 e. The Morgan fingerprint density at radius 3 is 2.81 bits per heavy atom. The van der Waals surface area contributed by atoms with Crippen LogP contribution in [0.25, 0.3) is 0 Å². The highest BCUT2D eigenvalue weighted by atomic mass is 32.1. The summed E-state index contributed by atoms with van der Waals surface area (Å²) in [7, 11) is 0. The minimum Gasteiger partial charge on any atom is -0.396 e. The van der Waals surface area contributed by atoms with E-state index >= 15 is 0 Å². The summed E-state index contributed by atoms with van der Waals surface area (Å²) in [6, 6.07) is 9.58. The third-order valence-corrected chi connectivity index (χ3v) is 4.53. The van der Waals surface area contributed by atoms with E-state index in [4.69, 9.17) is 0 Å². The molecule has 1 fully saturated rings. The van der Waals surface area contributed by atoms with Crippen LogP contribution in [-0.2, 0) is 0 Å². The van der Waals surface area contributed by atoms with Crippen LogP contribution < -0.4 is 5.32 Å². The lowest BCUT2D eigenvalue weighted by molar-refractivity contribution is 0.0933. The van der Waals surface area contributed by atoms with Crippen LogP contribution in [0.3, 0.4) is 0 Å². The molecule has 1 aromatic carbocycles. The highest BCUT2D eigenvalue weighted by Crippen LogP contribution is 2.41. The summed E-state index contributed by atoms with van der Waals surface area (Å²) in [5, 5.41) is 12.3. The third kappa shape index (κ3) is 3.31. The second-order valence-corrected chi connectivity index (χ2v) is 6.14. The lowest BCUT2D eigenvalue weighted by Gasteiger charge is -2.18. The first-order valence-electron chi connectivity index (χ1n) is 7.19. The normalized spacial score (nSPS) is 15.7. The number of aromatic nitrogens is 1. The molecule has 5 heteroatoms. The summed E-state index contributed by atoms with van der Waals surface area (Å²) in [6.07, 6.45) is 2.76. The average molecular weight is 302 g/mol. The number of aliphatic hydroxyl groups excluding tert-OH is 1. The number of thiazole rings is 1. The molecule has 3 rings (SSSR count). The predicted octanol–water partition coefficient (Wildman–Crippen LogP) is 2.87. The maximum absolute atomic E-state index is 12.5. The molecule has 0 bridgehead atoms. The Kier molecular flexibility index (Phi) is 4.31. The van der Waals surface area contributed by atoms with Crippen molar-refractivity contribution in [3.05, 3.63) is 52.0 Å². The van der Waals surface area contributed by atoms with E-state index in [0.29, 0.717) is 12.3 Å². The Labute approximate surface area is 127 Å². The number of nitrogens with zero attached hydrogens (tertiary/aromatic N) is 1. The Bertz CT molecular complexity index is 608. The van der Waals surface area contributed by atoms with Gasteiger partial charge < -0.3 is 10.4 Å². The van der Waals surface area contributed by atoms with Gasteiger partial charge in [-0.3, -0.25) is 4.79 Å². The monoisotopic (exact) mass is 302 g/mol. The van der Waals surface area contributed by atoms with E-state index in [1.165, 1.54) is 11.3 Å². The van der Waals surface area contributed by atoms with E-state index in [9.17, 15) is 9.90 Å². The molecule has 1 aromatic heterocycles. The fourth-order valence-electron chi connectivity index (χ4n) is 2.43. The molecule has 21 heavy (non-hydrogen) atoms. The van der Waals surface area contributed by atoms with Gasteiger partial charge in [0.2, 0.25) is 0 Å². The number of rotatable bonds is 6. The maximum atomic E-state index is 12.5. The first-order valence-corrected chi connectivity index (χ1v) is 8.07. The quantitative estimate of drug-likeness (QED) is 0.862. The van der Waals surface area contributed by atoms with Crippen LogP contribution in [0.1, 0.15) is 52.2 Å². The smallest absolute Gasteiger partial charge is 0.263 e. The summed E-state index contributed by atoms with van der Waals surface area (Å²) in [6.45, 7) is 0.0397. The number of amides is 1. The molecule has 1 amide bonds. The lowest BCUT2D eigenvalue weighted by atomic mass is 10.0. The number of carbonyl (C=O) groups excluding carboxylic acids is 1. The van der Waals surface area contributed by atoms with Gasteiger partial charge in [-0.2, -0.15) is 0 Å². The van der Waals surface area contributed by atoms with Crippen molar-refractivity contribution in [2.75, 3.05) is 6.61 Å². The molecule has 0 aliphatic heterocycles. The van der Waals surface area contributed by atoms with Gasteiger partial charge in [-0.15, -0.1) is 11.3 Å². The standard InChI is InChI=1S/C16H18N2O2S/c19-9-8-13(11-4-2-1-3-5-11)18-16(20)15-14(12-6-7-12)17-10-21-15/h1-5,10,12-13,19H,6-9H2,(H,18,20). The van der Waals surface area contributed by atoms with E-state index < -0.39 is 0 Å². The second kappa shape index (κ2) is 6.37. The fraction of sp³-hybridized carbons (Fsp3) is 0.375. The highest BCUT2D eigenvalue weighted by Gasteiger charge is 2.31. The van der Waals surface area contributed by atoms with Gasteiger partial charge in [0.15, 0.2) is 0 Å². The van der Waals surface area contributed by atoms with Crippen molar-refractivity contribution in [3.63, 3.8) is 0 Å². The Balaban J connectivity index is 1.76. The number of hydrogen-bond acceptors (Lipinski definition) is 4. The Hall–Kier alpha value is -1.72. The maximum Gasteiger partial charge on any atom is 0.263 e. The van der Waals surface area contributed by atoms with Crippen molar-refractivity contribution in [1.29, 1.82) is 0 Å². The summed E-state index contributed by atoms with van der Waals surface area (Å²) < 4.78 is 0. The van der Waals surface area contributed by atoms with E-state index in [2.05, 4.69) is 10.3 Å². The first kappa shape index (κ1) is 14.2. The zero-order valence-corrected chi connectivity index (χ0v) is 12.5. The summed E-state index contributed by atoms with van der Waals surface area (Å²) >= 11 is 1.40. The fourth-order valence-corrected chi connectivity index (χ4v) is 3.21. The minimum absolute atomic E-state index is 0.0397. The van der Waals surface area contributed by atoms with Gasteiger partial charge in [-0.05, 0) is 24.8 Å².